The van der Waals surface area contributed by atoms with E-state index in [0.717, 1.165) is 49.9 Å². The fourth-order valence-electron chi connectivity index (χ4n) is 3.83. The van der Waals surface area contributed by atoms with Crippen LogP contribution in [0.3, 0.4) is 0 Å². The molecule has 1 aliphatic carbocycles. The van der Waals surface area contributed by atoms with Gasteiger partial charge in [-0.05, 0) is 38.1 Å². The first-order valence-electron chi connectivity index (χ1n) is 8.67. The van der Waals surface area contributed by atoms with Crippen molar-refractivity contribution in [3.05, 3.63) is 34.9 Å². The summed E-state index contributed by atoms with van der Waals surface area (Å²) in [6.45, 7) is 4.21. The predicted molar refractivity (Wildman–Crippen MR) is 93.2 cm³/mol. The molecule has 1 aliphatic heterocycles. The maximum absolute atomic E-state index is 12.7. The Balaban J connectivity index is 1.67. The van der Waals surface area contributed by atoms with Gasteiger partial charge in [0.15, 0.2) is 0 Å². The summed E-state index contributed by atoms with van der Waals surface area (Å²) >= 11 is 0. The van der Waals surface area contributed by atoms with Gasteiger partial charge in [0.1, 0.15) is 0 Å². The van der Waals surface area contributed by atoms with Crippen molar-refractivity contribution in [2.24, 2.45) is 0 Å². The molecule has 0 amide bonds. The van der Waals surface area contributed by atoms with Crippen LogP contribution in [0.25, 0.3) is 10.9 Å². The Morgan fingerprint density at radius 2 is 1.83 bits per heavy atom. The Morgan fingerprint density at radius 1 is 1.09 bits per heavy atom. The number of rotatable bonds is 2. The van der Waals surface area contributed by atoms with Gasteiger partial charge in [-0.25, -0.2) is 4.98 Å². The lowest BCUT2D eigenvalue weighted by atomic mass is 10.1. The van der Waals surface area contributed by atoms with E-state index >= 15 is 0 Å². The molecule has 0 bridgehead atoms. The quantitative estimate of drug-likeness (QED) is 0.853. The maximum atomic E-state index is 12.7. The second-order valence-electron chi connectivity index (χ2n) is 6.89. The molecule has 1 aromatic heterocycles. The Kier molecular flexibility index (Phi) is 3.81. The van der Waals surface area contributed by atoms with Gasteiger partial charge in [0.25, 0.3) is 5.56 Å². The van der Waals surface area contributed by atoms with E-state index in [2.05, 4.69) is 34.0 Å². The highest BCUT2D eigenvalue weighted by Gasteiger charge is 2.20. The average molecular weight is 312 g/mol. The molecule has 1 aromatic carbocycles. The van der Waals surface area contributed by atoms with E-state index in [1.807, 2.05) is 10.6 Å². The molecule has 2 aliphatic rings. The molecule has 2 aromatic rings. The van der Waals surface area contributed by atoms with Crippen LogP contribution < -0.4 is 10.5 Å². The van der Waals surface area contributed by atoms with Crippen LogP contribution in [0.15, 0.2) is 29.3 Å². The maximum Gasteiger partial charge on any atom is 0.261 e. The molecule has 23 heavy (non-hydrogen) atoms. The highest BCUT2D eigenvalue weighted by molar-refractivity contribution is 5.81. The minimum atomic E-state index is 0.117. The fourth-order valence-corrected chi connectivity index (χ4v) is 3.83. The van der Waals surface area contributed by atoms with Gasteiger partial charge in [-0.1, -0.05) is 12.8 Å². The number of aromatic nitrogens is 2. The normalized spacial score (nSPS) is 20.5. The van der Waals surface area contributed by atoms with Crippen molar-refractivity contribution in [2.45, 2.75) is 31.7 Å². The van der Waals surface area contributed by atoms with Crippen molar-refractivity contribution in [1.29, 1.82) is 0 Å². The smallest absolute Gasteiger partial charge is 0.261 e. The molecular weight excluding hydrogens is 288 g/mol. The average Bonchev–Trinajstić information content (AvgIpc) is 3.10. The molecule has 2 heterocycles. The monoisotopic (exact) mass is 312 g/mol. The largest absolute Gasteiger partial charge is 0.369 e. The summed E-state index contributed by atoms with van der Waals surface area (Å²) in [4.78, 5) is 22.1. The van der Waals surface area contributed by atoms with E-state index in [4.69, 9.17) is 0 Å². The third kappa shape index (κ3) is 2.74. The summed E-state index contributed by atoms with van der Waals surface area (Å²) in [5.74, 6) is 0. The van der Waals surface area contributed by atoms with Crippen molar-refractivity contribution >= 4 is 16.6 Å². The lowest BCUT2D eigenvalue weighted by molar-refractivity contribution is 0.313. The summed E-state index contributed by atoms with van der Waals surface area (Å²) in [6.07, 6.45) is 6.41. The zero-order chi connectivity index (χ0) is 15.8. The van der Waals surface area contributed by atoms with E-state index in [1.165, 1.54) is 18.5 Å². The van der Waals surface area contributed by atoms with Gasteiger partial charge in [0, 0.05) is 37.9 Å². The van der Waals surface area contributed by atoms with Crippen LogP contribution in [0.4, 0.5) is 5.69 Å². The molecule has 2 fully saturated rings. The Labute approximate surface area is 136 Å². The van der Waals surface area contributed by atoms with Gasteiger partial charge in [-0.3, -0.25) is 9.36 Å². The first-order chi connectivity index (χ1) is 11.2. The van der Waals surface area contributed by atoms with Crippen LogP contribution in [0.5, 0.6) is 0 Å². The summed E-state index contributed by atoms with van der Waals surface area (Å²) < 4.78 is 1.85. The highest BCUT2D eigenvalue weighted by Crippen LogP contribution is 2.28. The summed E-state index contributed by atoms with van der Waals surface area (Å²) in [5.41, 5.74) is 2.11. The molecule has 0 spiro atoms. The summed E-state index contributed by atoms with van der Waals surface area (Å²) in [5, 5.41) is 0.747. The van der Waals surface area contributed by atoms with E-state index in [9.17, 15) is 4.79 Å². The first kappa shape index (κ1) is 14.7. The third-order valence-electron chi connectivity index (χ3n) is 5.35. The third-order valence-corrected chi connectivity index (χ3v) is 5.35. The molecule has 5 nitrogen and oxygen atoms in total. The highest BCUT2D eigenvalue weighted by atomic mass is 16.1. The molecule has 5 heteroatoms. The second-order valence-corrected chi connectivity index (χ2v) is 6.89. The first-order valence-corrected chi connectivity index (χ1v) is 8.67. The predicted octanol–water partition coefficient (Wildman–Crippen LogP) is 2.26. The molecule has 0 radical (unpaired) electrons. The van der Waals surface area contributed by atoms with Crippen LogP contribution in [-0.2, 0) is 0 Å². The van der Waals surface area contributed by atoms with Gasteiger partial charge < -0.3 is 9.80 Å². The molecule has 1 saturated heterocycles. The molecule has 122 valence electrons. The van der Waals surface area contributed by atoms with Crippen LogP contribution in [0, 0.1) is 0 Å². The lowest BCUT2D eigenvalue weighted by Crippen LogP contribution is -2.44. The van der Waals surface area contributed by atoms with Crippen LogP contribution >= 0.6 is 0 Å². The number of anilines is 1. The van der Waals surface area contributed by atoms with E-state index in [-0.39, 0.29) is 5.56 Å². The minimum absolute atomic E-state index is 0.117. The van der Waals surface area contributed by atoms with E-state index < -0.39 is 0 Å². The fraction of sp³-hybridized carbons (Fsp3) is 0.556. The molecule has 0 atom stereocenters. The van der Waals surface area contributed by atoms with Gasteiger partial charge >= 0.3 is 0 Å². The summed E-state index contributed by atoms with van der Waals surface area (Å²) in [7, 11) is 2.16. The van der Waals surface area contributed by atoms with Gasteiger partial charge in [0.2, 0.25) is 0 Å². The number of hydrogen-bond acceptors (Lipinski definition) is 4. The van der Waals surface area contributed by atoms with Crippen LogP contribution in [0.2, 0.25) is 0 Å². The molecular formula is C18H24N4O. The van der Waals surface area contributed by atoms with E-state index in [0.29, 0.717) is 6.04 Å². The standard InChI is InChI=1S/C18H24N4O/c1-20-8-10-21(11-9-20)15-6-7-16-17(12-15)19-13-22(18(16)23)14-4-2-3-5-14/h6-7,12-14H,2-5,8-11H2,1H3. The Morgan fingerprint density at radius 3 is 2.57 bits per heavy atom. The van der Waals surface area contributed by atoms with E-state index in [1.54, 1.807) is 6.33 Å². The Hall–Kier alpha value is -1.88. The SMILES string of the molecule is CN1CCN(c2ccc3c(=O)n(C4CCCC4)cnc3c2)CC1. The Bertz CT molecular complexity index is 755. The topological polar surface area (TPSA) is 41.4 Å². The number of hydrogen-bond donors (Lipinski definition) is 0. The van der Waals surface area contributed by atoms with Crippen molar-refractivity contribution in [1.82, 2.24) is 14.5 Å². The number of piperazine rings is 1. The van der Waals surface area contributed by atoms with Crippen molar-refractivity contribution in [3.8, 4) is 0 Å². The van der Waals surface area contributed by atoms with Crippen molar-refractivity contribution in [2.75, 3.05) is 38.1 Å². The van der Waals surface area contributed by atoms with Crippen LogP contribution in [-0.4, -0.2) is 47.7 Å². The lowest BCUT2D eigenvalue weighted by Gasteiger charge is -2.34. The van der Waals surface area contributed by atoms with Crippen LogP contribution in [0.1, 0.15) is 31.7 Å². The number of fused-ring (bicyclic) bond motifs is 1. The summed E-state index contributed by atoms with van der Waals surface area (Å²) in [6, 6.07) is 6.46. The van der Waals surface area contributed by atoms with Gasteiger partial charge in [-0.2, -0.15) is 0 Å². The zero-order valence-corrected chi connectivity index (χ0v) is 13.7. The number of benzene rings is 1. The van der Waals surface area contributed by atoms with Gasteiger partial charge in [0.05, 0.1) is 17.2 Å². The number of likely N-dealkylation sites (N-methyl/N-ethyl adjacent to an activating group) is 1. The molecule has 4 rings (SSSR count). The molecule has 1 saturated carbocycles. The van der Waals surface area contributed by atoms with Crippen molar-refractivity contribution in [3.63, 3.8) is 0 Å². The van der Waals surface area contributed by atoms with Crippen molar-refractivity contribution < 1.29 is 0 Å². The molecule has 0 N–H and O–H groups in total. The minimum Gasteiger partial charge on any atom is -0.369 e. The molecule has 0 unspecified atom stereocenters. The second kappa shape index (κ2) is 5.96. The van der Waals surface area contributed by atoms with Gasteiger partial charge in [-0.15, -0.1) is 0 Å². The zero-order valence-electron chi connectivity index (χ0n) is 13.7. The number of nitrogens with zero attached hydrogens (tertiary/aromatic N) is 4.